The lowest BCUT2D eigenvalue weighted by Gasteiger charge is -2.31. The summed E-state index contributed by atoms with van der Waals surface area (Å²) in [4.78, 5) is 14.7. The molecule has 0 aromatic heterocycles. The van der Waals surface area contributed by atoms with Crippen LogP contribution in [0.4, 0.5) is 0 Å². The number of hydrogen-bond donors (Lipinski definition) is 1. The second kappa shape index (κ2) is 7.63. The molecule has 0 radical (unpaired) electrons. The Labute approximate surface area is 143 Å². The Hall–Kier alpha value is -2.13. The maximum atomic E-state index is 12.8. The normalized spacial score (nSPS) is 16.8. The lowest BCUT2D eigenvalue weighted by Crippen LogP contribution is -2.40. The second-order valence-corrected chi connectivity index (χ2v) is 6.64. The summed E-state index contributed by atoms with van der Waals surface area (Å²) in [5.41, 5.74) is 3.61. The van der Waals surface area contributed by atoms with E-state index >= 15 is 0 Å². The average Bonchev–Trinajstić information content (AvgIpc) is 2.61. The maximum absolute atomic E-state index is 12.8. The van der Waals surface area contributed by atoms with Gasteiger partial charge in [-0.3, -0.25) is 4.79 Å². The molecular formula is C21H25NO2. The Balaban J connectivity index is 1.83. The van der Waals surface area contributed by atoms with E-state index in [9.17, 15) is 9.90 Å². The molecule has 2 aromatic carbocycles. The molecule has 1 aliphatic heterocycles. The molecule has 1 N–H and O–H groups in total. The van der Waals surface area contributed by atoms with Gasteiger partial charge in [0.15, 0.2) is 0 Å². The van der Waals surface area contributed by atoms with Gasteiger partial charge in [-0.2, -0.15) is 0 Å². The monoisotopic (exact) mass is 323 g/mol. The van der Waals surface area contributed by atoms with Crippen LogP contribution in [0.25, 0.3) is 0 Å². The van der Waals surface area contributed by atoms with Crippen LogP contribution in [0.1, 0.15) is 41.9 Å². The number of carbonyl (C=O) groups excluding carboxylic acids is 1. The predicted molar refractivity (Wildman–Crippen MR) is 95.9 cm³/mol. The summed E-state index contributed by atoms with van der Waals surface area (Å²) in [6.45, 7) is 3.43. The van der Waals surface area contributed by atoms with Crippen molar-refractivity contribution in [2.45, 2.75) is 38.2 Å². The van der Waals surface area contributed by atoms with E-state index in [1.54, 1.807) is 0 Å². The number of benzene rings is 2. The van der Waals surface area contributed by atoms with Gasteiger partial charge in [0.05, 0.1) is 6.10 Å². The van der Waals surface area contributed by atoms with Crippen molar-refractivity contribution < 1.29 is 9.90 Å². The smallest absolute Gasteiger partial charge is 0.223 e. The Morgan fingerprint density at radius 3 is 2.38 bits per heavy atom. The topological polar surface area (TPSA) is 40.5 Å². The molecule has 2 aromatic rings. The molecule has 0 spiro atoms. The Morgan fingerprint density at radius 1 is 1.08 bits per heavy atom. The zero-order chi connectivity index (χ0) is 16.9. The van der Waals surface area contributed by atoms with Crippen LogP contribution in [0.5, 0.6) is 0 Å². The van der Waals surface area contributed by atoms with Crippen molar-refractivity contribution in [3.63, 3.8) is 0 Å². The van der Waals surface area contributed by atoms with Crippen molar-refractivity contribution in [2.75, 3.05) is 13.1 Å². The summed E-state index contributed by atoms with van der Waals surface area (Å²) in [6, 6.07) is 18.6. The van der Waals surface area contributed by atoms with Crippen LogP contribution in [0.3, 0.4) is 0 Å². The molecule has 0 unspecified atom stereocenters. The first-order valence-corrected chi connectivity index (χ1v) is 8.71. The van der Waals surface area contributed by atoms with Crippen LogP contribution in [0, 0.1) is 6.92 Å². The van der Waals surface area contributed by atoms with Gasteiger partial charge in [-0.05, 0) is 36.5 Å². The van der Waals surface area contributed by atoms with Crippen molar-refractivity contribution in [3.8, 4) is 0 Å². The van der Waals surface area contributed by atoms with Crippen LogP contribution >= 0.6 is 0 Å². The molecule has 3 rings (SSSR count). The molecule has 126 valence electrons. The van der Waals surface area contributed by atoms with Crippen LogP contribution in [0.2, 0.25) is 0 Å². The van der Waals surface area contributed by atoms with E-state index in [1.165, 1.54) is 16.7 Å². The van der Waals surface area contributed by atoms with Gasteiger partial charge < -0.3 is 10.0 Å². The lowest BCUT2D eigenvalue weighted by atomic mass is 9.85. The van der Waals surface area contributed by atoms with Gasteiger partial charge >= 0.3 is 0 Å². The number of piperidine rings is 1. The molecule has 1 heterocycles. The van der Waals surface area contributed by atoms with Crippen molar-refractivity contribution >= 4 is 5.91 Å². The summed E-state index contributed by atoms with van der Waals surface area (Å²) >= 11 is 0. The van der Waals surface area contributed by atoms with Gasteiger partial charge in [-0.15, -0.1) is 0 Å². The van der Waals surface area contributed by atoms with Gasteiger partial charge in [0.2, 0.25) is 5.91 Å². The largest absolute Gasteiger partial charge is 0.393 e. The number of nitrogens with zero attached hydrogens (tertiary/aromatic N) is 1. The fourth-order valence-electron chi connectivity index (χ4n) is 3.49. The Kier molecular flexibility index (Phi) is 5.31. The zero-order valence-corrected chi connectivity index (χ0v) is 14.2. The number of aryl methyl sites for hydroxylation is 1. The fraction of sp³-hybridized carbons (Fsp3) is 0.381. The summed E-state index contributed by atoms with van der Waals surface area (Å²) in [5, 5.41) is 9.65. The third kappa shape index (κ3) is 3.85. The minimum absolute atomic E-state index is 0.0757. The van der Waals surface area contributed by atoms with Crippen LogP contribution in [0.15, 0.2) is 54.6 Å². The van der Waals surface area contributed by atoms with Gasteiger partial charge in [0, 0.05) is 25.4 Å². The van der Waals surface area contributed by atoms with Gasteiger partial charge in [-0.25, -0.2) is 0 Å². The number of likely N-dealkylation sites (tertiary alicyclic amines) is 1. The van der Waals surface area contributed by atoms with E-state index in [-0.39, 0.29) is 17.9 Å². The second-order valence-electron chi connectivity index (χ2n) is 6.64. The van der Waals surface area contributed by atoms with Gasteiger partial charge in [-0.1, -0.05) is 54.6 Å². The molecule has 24 heavy (non-hydrogen) atoms. The fourth-order valence-corrected chi connectivity index (χ4v) is 3.49. The molecule has 1 amide bonds. The van der Waals surface area contributed by atoms with Crippen molar-refractivity contribution in [1.29, 1.82) is 0 Å². The number of aliphatic hydroxyl groups is 1. The van der Waals surface area contributed by atoms with E-state index < -0.39 is 0 Å². The number of hydrogen-bond acceptors (Lipinski definition) is 2. The van der Waals surface area contributed by atoms with E-state index in [0.717, 1.165) is 0 Å². The van der Waals surface area contributed by atoms with E-state index in [2.05, 4.69) is 31.2 Å². The highest BCUT2D eigenvalue weighted by Crippen LogP contribution is 2.31. The average molecular weight is 323 g/mol. The molecule has 3 nitrogen and oxygen atoms in total. The van der Waals surface area contributed by atoms with Crippen LogP contribution in [-0.4, -0.2) is 35.1 Å². The Bertz CT molecular complexity index is 675. The molecular weight excluding hydrogens is 298 g/mol. The third-order valence-electron chi connectivity index (χ3n) is 4.96. The first kappa shape index (κ1) is 16.7. The lowest BCUT2D eigenvalue weighted by molar-refractivity contribution is -0.133. The SMILES string of the molecule is Cc1ccccc1[C@@H](CC(=O)N1CCC(O)CC1)c1ccccc1. The minimum Gasteiger partial charge on any atom is -0.393 e. The predicted octanol–water partition coefficient (Wildman–Crippen LogP) is 3.50. The summed E-state index contributed by atoms with van der Waals surface area (Å²) in [6.07, 6.45) is 1.60. The molecule has 1 aliphatic rings. The quantitative estimate of drug-likeness (QED) is 0.935. The number of rotatable bonds is 4. The summed E-state index contributed by atoms with van der Waals surface area (Å²) < 4.78 is 0. The summed E-state index contributed by atoms with van der Waals surface area (Å²) in [5.74, 6) is 0.255. The number of amides is 1. The minimum atomic E-state index is -0.254. The van der Waals surface area contributed by atoms with Crippen LogP contribution in [-0.2, 0) is 4.79 Å². The number of aliphatic hydroxyl groups excluding tert-OH is 1. The molecule has 0 saturated carbocycles. The standard InChI is InChI=1S/C21H25NO2/c1-16-7-5-6-10-19(16)20(17-8-3-2-4-9-17)15-21(24)22-13-11-18(23)12-14-22/h2-10,18,20,23H,11-15H2,1H3/t20-/m0/s1. The number of carbonyl (C=O) groups is 1. The molecule has 3 heteroatoms. The maximum Gasteiger partial charge on any atom is 0.223 e. The zero-order valence-electron chi connectivity index (χ0n) is 14.2. The highest BCUT2D eigenvalue weighted by atomic mass is 16.3. The Morgan fingerprint density at radius 2 is 1.71 bits per heavy atom. The first-order valence-electron chi connectivity index (χ1n) is 8.71. The molecule has 1 fully saturated rings. The first-order chi connectivity index (χ1) is 11.6. The molecule has 1 atom stereocenters. The highest BCUT2D eigenvalue weighted by Gasteiger charge is 2.25. The summed E-state index contributed by atoms with van der Waals surface area (Å²) in [7, 11) is 0. The van der Waals surface area contributed by atoms with Gasteiger partial charge in [0.25, 0.3) is 0 Å². The van der Waals surface area contributed by atoms with Crippen molar-refractivity contribution in [1.82, 2.24) is 4.90 Å². The van der Waals surface area contributed by atoms with Crippen molar-refractivity contribution in [2.24, 2.45) is 0 Å². The molecule has 0 aliphatic carbocycles. The van der Waals surface area contributed by atoms with E-state index in [4.69, 9.17) is 0 Å². The van der Waals surface area contributed by atoms with E-state index in [1.807, 2.05) is 35.2 Å². The van der Waals surface area contributed by atoms with Crippen molar-refractivity contribution in [3.05, 3.63) is 71.3 Å². The third-order valence-corrected chi connectivity index (χ3v) is 4.96. The molecule has 0 bridgehead atoms. The highest BCUT2D eigenvalue weighted by molar-refractivity contribution is 5.78. The van der Waals surface area contributed by atoms with E-state index in [0.29, 0.717) is 32.4 Å². The van der Waals surface area contributed by atoms with Crippen LogP contribution < -0.4 is 0 Å². The van der Waals surface area contributed by atoms with Gasteiger partial charge in [0.1, 0.15) is 0 Å². The molecule has 1 saturated heterocycles.